The van der Waals surface area contributed by atoms with Gasteiger partial charge in [-0.2, -0.15) is 0 Å². The van der Waals surface area contributed by atoms with Crippen molar-refractivity contribution in [3.63, 3.8) is 0 Å². The van der Waals surface area contributed by atoms with Gasteiger partial charge in [0.15, 0.2) is 4.96 Å². The molecule has 0 unspecified atom stereocenters. The van der Waals surface area contributed by atoms with E-state index < -0.39 is 0 Å². The van der Waals surface area contributed by atoms with Gasteiger partial charge in [-0.1, -0.05) is 72.0 Å². The third-order valence-electron chi connectivity index (χ3n) is 4.39. The molecule has 5 aromatic rings. The summed E-state index contributed by atoms with van der Waals surface area (Å²) in [7, 11) is 0. The minimum absolute atomic E-state index is 0.129. The number of nitrogens with one attached hydrogen (secondary N) is 1. The maximum atomic E-state index is 12.5. The van der Waals surface area contributed by atoms with Crippen molar-refractivity contribution in [2.45, 2.75) is 6.42 Å². The highest BCUT2D eigenvalue weighted by Crippen LogP contribution is 2.27. The molecule has 29 heavy (non-hydrogen) atoms. The first kappa shape index (κ1) is 17.7. The number of rotatable bonds is 5. The number of thiazole rings is 1. The van der Waals surface area contributed by atoms with Gasteiger partial charge in [-0.25, -0.2) is 4.98 Å². The Morgan fingerprint density at radius 1 is 0.966 bits per heavy atom. The molecule has 1 amide bonds. The Morgan fingerprint density at radius 3 is 2.45 bits per heavy atom. The number of anilines is 1. The quantitative estimate of drug-likeness (QED) is 0.447. The molecule has 0 aliphatic carbocycles. The zero-order valence-corrected chi connectivity index (χ0v) is 16.8. The van der Waals surface area contributed by atoms with E-state index in [2.05, 4.69) is 20.5 Å². The van der Waals surface area contributed by atoms with Crippen LogP contribution >= 0.6 is 22.7 Å². The van der Waals surface area contributed by atoms with Crippen molar-refractivity contribution in [3.8, 4) is 21.8 Å². The highest BCUT2D eigenvalue weighted by molar-refractivity contribution is 7.18. The van der Waals surface area contributed by atoms with Crippen LogP contribution in [-0.2, 0) is 11.2 Å². The van der Waals surface area contributed by atoms with Gasteiger partial charge in [-0.05, 0) is 0 Å². The molecule has 0 radical (unpaired) electrons. The van der Waals surface area contributed by atoms with Gasteiger partial charge in [-0.15, -0.1) is 21.5 Å². The van der Waals surface area contributed by atoms with Crippen molar-refractivity contribution in [1.29, 1.82) is 0 Å². The topological polar surface area (TPSA) is 72.2 Å². The number of hydrogen-bond acceptors (Lipinski definition) is 6. The SMILES string of the molecule is O=C(Cc1csc2nc(-c3ccccc3)cn12)Nc1nnc(-c2ccccc2)s1. The molecule has 0 aliphatic heterocycles. The maximum absolute atomic E-state index is 12.5. The van der Waals surface area contributed by atoms with Gasteiger partial charge >= 0.3 is 0 Å². The first-order valence-electron chi connectivity index (χ1n) is 8.96. The lowest BCUT2D eigenvalue weighted by atomic mass is 10.2. The lowest BCUT2D eigenvalue weighted by molar-refractivity contribution is -0.115. The summed E-state index contributed by atoms with van der Waals surface area (Å²) >= 11 is 2.89. The van der Waals surface area contributed by atoms with Crippen molar-refractivity contribution in [1.82, 2.24) is 19.6 Å². The van der Waals surface area contributed by atoms with E-state index in [1.807, 2.05) is 76.6 Å². The largest absolute Gasteiger partial charge is 0.300 e. The summed E-state index contributed by atoms with van der Waals surface area (Å²) in [4.78, 5) is 18.1. The third-order valence-corrected chi connectivity index (χ3v) is 6.16. The molecule has 0 bridgehead atoms. The van der Waals surface area contributed by atoms with Crippen LogP contribution in [0.2, 0.25) is 0 Å². The zero-order chi connectivity index (χ0) is 19.6. The zero-order valence-electron chi connectivity index (χ0n) is 15.1. The maximum Gasteiger partial charge on any atom is 0.232 e. The number of aromatic nitrogens is 4. The van der Waals surface area contributed by atoms with E-state index in [0.29, 0.717) is 5.13 Å². The molecule has 0 atom stereocenters. The Kier molecular flexibility index (Phi) is 4.63. The average molecular weight is 418 g/mol. The number of carbonyl (C=O) groups is 1. The van der Waals surface area contributed by atoms with Gasteiger partial charge in [0, 0.05) is 28.4 Å². The van der Waals surface area contributed by atoms with Crippen LogP contribution in [0, 0.1) is 0 Å². The van der Waals surface area contributed by atoms with Crippen molar-refractivity contribution < 1.29 is 4.79 Å². The Bertz CT molecular complexity index is 1270. The van der Waals surface area contributed by atoms with E-state index in [0.717, 1.165) is 32.5 Å². The summed E-state index contributed by atoms with van der Waals surface area (Å²) in [6, 6.07) is 19.8. The molecule has 1 N–H and O–H groups in total. The van der Waals surface area contributed by atoms with Crippen LogP contribution in [0.15, 0.2) is 72.2 Å². The summed E-state index contributed by atoms with van der Waals surface area (Å²) < 4.78 is 1.97. The smallest absolute Gasteiger partial charge is 0.232 e. The third kappa shape index (κ3) is 3.67. The van der Waals surface area contributed by atoms with Crippen LogP contribution < -0.4 is 5.32 Å². The van der Waals surface area contributed by atoms with Crippen LogP contribution in [0.3, 0.4) is 0 Å². The fourth-order valence-electron chi connectivity index (χ4n) is 3.00. The van der Waals surface area contributed by atoms with Crippen LogP contribution in [0.25, 0.3) is 26.8 Å². The molecule has 5 rings (SSSR count). The highest BCUT2D eigenvalue weighted by Gasteiger charge is 2.14. The number of nitrogens with zero attached hydrogens (tertiary/aromatic N) is 4. The highest BCUT2D eigenvalue weighted by atomic mass is 32.1. The van der Waals surface area contributed by atoms with E-state index in [1.165, 1.54) is 22.7 Å². The first-order valence-corrected chi connectivity index (χ1v) is 10.7. The molecule has 3 heterocycles. The van der Waals surface area contributed by atoms with Crippen molar-refractivity contribution in [3.05, 3.63) is 77.9 Å². The van der Waals surface area contributed by atoms with Gasteiger partial charge in [0.2, 0.25) is 11.0 Å². The molecular formula is C21H15N5OS2. The minimum Gasteiger partial charge on any atom is -0.300 e. The summed E-state index contributed by atoms with van der Waals surface area (Å²) in [5.74, 6) is -0.129. The Labute approximate surface area is 174 Å². The lowest BCUT2D eigenvalue weighted by Crippen LogP contribution is -2.15. The molecule has 8 heteroatoms. The summed E-state index contributed by atoms with van der Waals surface area (Å²) in [5.41, 5.74) is 3.83. The number of imidazole rings is 1. The fourth-order valence-corrected chi connectivity index (χ4v) is 4.64. The lowest BCUT2D eigenvalue weighted by Gasteiger charge is -2.00. The van der Waals surface area contributed by atoms with Crippen LogP contribution in [-0.4, -0.2) is 25.5 Å². The Hall–Kier alpha value is -3.36. The van der Waals surface area contributed by atoms with Gasteiger partial charge < -0.3 is 5.32 Å². The molecule has 3 aromatic heterocycles. The van der Waals surface area contributed by atoms with Crippen LogP contribution in [0.5, 0.6) is 0 Å². The second-order valence-corrected chi connectivity index (χ2v) is 8.19. The normalized spacial score (nSPS) is 11.0. The van der Waals surface area contributed by atoms with E-state index in [1.54, 1.807) is 0 Å². The van der Waals surface area contributed by atoms with Gasteiger partial charge in [0.05, 0.1) is 12.1 Å². The van der Waals surface area contributed by atoms with E-state index >= 15 is 0 Å². The number of hydrogen-bond donors (Lipinski definition) is 1. The van der Waals surface area contributed by atoms with Crippen LogP contribution in [0.1, 0.15) is 5.69 Å². The van der Waals surface area contributed by atoms with Crippen molar-refractivity contribution >= 4 is 38.7 Å². The molecule has 0 aliphatic rings. The fraction of sp³-hybridized carbons (Fsp3) is 0.0476. The molecule has 0 spiro atoms. The van der Waals surface area contributed by atoms with Crippen molar-refractivity contribution in [2.24, 2.45) is 0 Å². The predicted molar refractivity (Wildman–Crippen MR) is 116 cm³/mol. The van der Waals surface area contributed by atoms with Crippen LogP contribution in [0.4, 0.5) is 5.13 Å². The second kappa shape index (κ2) is 7.57. The first-order chi connectivity index (χ1) is 14.3. The number of amides is 1. The molecule has 0 saturated carbocycles. The van der Waals surface area contributed by atoms with Crippen molar-refractivity contribution in [2.75, 3.05) is 5.32 Å². The Morgan fingerprint density at radius 2 is 1.69 bits per heavy atom. The van der Waals surface area contributed by atoms with E-state index in [-0.39, 0.29) is 12.3 Å². The average Bonchev–Trinajstić information content (AvgIpc) is 3.47. The molecule has 0 fully saturated rings. The minimum atomic E-state index is -0.129. The second-order valence-electron chi connectivity index (χ2n) is 6.38. The van der Waals surface area contributed by atoms with Gasteiger partial charge in [0.1, 0.15) is 5.01 Å². The summed E-state index contributed by atoms with van der Waals surface area (Å²) in [6.45, 7) is 0. The molecule has 6 nitrogen and oxygen atoms in total. The van der Waals surface area contributed by atoms with E-state index in [4.69, 9.17) is 0 Å². The molecule has 0 saturated heterocycles. The Balaban J connectivity index is 1.32. The van der Waals surface area contributed by atoms with Gasteiger partial charge in [0.25, 0.3) is 0 Å². The van der Waals surface area contributed by atoms with E-state index in [9.17, 15) is 4.79 Å². The molecular weight excluding hydrogens is 402 g/mol. The number of carbonyl (C=O) groups excluding carboxylic acids is 1. The standard InChI is InChI=1S/C21H15N5OS2/c27-18(23-20-25-24-19(29-20)15-9-5-2-6-10-15)11-16-13-28-21-22-17(12-26(16)21)14-7-3-1-4-8-14/h1-10,12-13H,11H2,(H,23,25,27). The monoisotopic (exact) mass is 417 g/mol. The summed E-state index contributed by atoms with van der Waals surface area (Å²) in [6.07, 6.45) is 2.22. The number of fused-ring (bicyclic) bond motifs is 1. The van der Waals surface area contributed by atoms with Gasteiger partial charge in [-0.3, -0.25) is 9.20 Å². The molecule has 2 aromatic carbocycles. The molecule has 142 valence electrons. The number of benzene rings is 2. The predicted octanol–water partition coefficient (Wildman–Crippen LogP) is 4.76. The summed E-state index contributed by atoms with van der Waals surface area (Å²) in [5, 5.41) is 14.3.